The molecule has 0 saturated carbocycles. The summed E-state index contributed by atoms with van der Waals surface area (Å²) in [6.45, 7) is 4.08. The fraction of sp³-hybridized carbons (Fsp3) is 0.857. The fourth-order valence-electron chi connectivity index (χ4n) is 0.714. The minimum atomic E-state index is -0.516. The van der Waals surface area contributed by atoms with Crippen LogP contribution in [0.15, 0.2) is 0 Å². The molecule has 4 heteroatoms. The minimum Gasteiger partial charge on any atom is -0.368 e. The SMILES string of the molecule is CSC(C)(C)CC(N)C(N)=O. The highest BCUT2D eigenvalue weighted by Gasteiger charge is 2.22. The van der Waals surface area contributed by atoms with E-state index in [0.29, 0.717) is 6.42 Å². The average Bonchev–Trinajstić information content (AvgIpc) is 1.87. The van der Waals surface area contributed by atoms with Gasteiger partial charge in [0.15, 0.2) is 0 Å². The number of thioether (sulfide) groups is 1. The highest BCUT2D eigenvalue weighted by Crippen LogP contribution is 2.25. The van der Waals surface area contributed by atoms with E-state index < -0.39 is 11.9 Å². The Morgan fingerprint density at radius 2 is 2.09 bits per heavy atom. The molecule has 1 unspecified atom stereocenters. The number of nitrogens with two attached hydrogens (primary N) is 2. The third-order valence-electron chi connectivity index (χ3n) is 1.63. The molecule has 0 rings (SSSR count). The first-order valence-corrected chi connectivity index (χ1v) is 4.71. The van der Waals surface area contributed by atoms with Crippen molar-refractivity contribution >= 4 is 17.7 Å². The number of carbonyl (C=O) groups excluding carboxylic acids is 1. The molecule has 0 aromatic rings. The van der Waals surface area contributed by atoms with E-state index in [2.05, 4.69) is 0 Å². The first-order chi connectivity index (χ1) is 4.89. The number of carbonyl (C=O) groups is 1. The highest BCUT2D eigenvalue weighted by molar-refractivity contribution is 7.99. The molecule has 66 valence electrons. The first-order valence-electron chi connectivity index (χ1n) is 3.49. The second-order valence-corrected chi connectivity index (χ2v) is 4.69. The lowest BCUT2D eigenvalue weighted by molar-refractivity contribution is -0.119. The third-order valence-corrected chi connectivity index (χ3v) is 2.90. The summed E-state index contributed by atoms with van der Waals surface area (Å²) in [5, 5.41) is 0. The molecule has 4 N–H and O–H groups in total. The summed E-state index contributed by atoms with van der Waals surface area (Å²) in [5.74, 6) is -0.424. The van der Waals surface area contributed by atoms with Crippen molar-refractivity contribution in [1.82, 2.24) is 0 Å². The van der Waals surface area contributed by atoms with Crippen LogP contribution < -0.4 is 11.5 Å². The van der Waals surface area contributed by atoms with Gasteiger partial charge in [0.25, 0.3) is 0 Å². The minimum absolute atomic E-state index is 0.0362. The van der Waals surface area contributed by atoms with Gasteiger partial charge in [-0.3, -0.25) is 4.79 Å². The first kappa shape index (κ1) is 10.8. The summed E-state index contributed by atoms with van der Waals surface area (Å²) in [6, 6.07) is -0.516. The summed E-state index contributed by atoms with van der Waals surface area (Å²) < 4.78 is 0.0362. The third kappa shape index (κ3) is 4.27. The monoisotopic (exact) mass is 176 g/mol. The molecular formula is C7H16N2OS. The molecule has 0 saturated heterocycles. The van der Waals surface area contributed by atoms with Gasteiger partial charge in [0.05, 0.1) is 6.04 Å². The molecule has 1 atom stereocenters. The van der Waals surface area contributed by atoms with Crippen molar-refractivity contribution in [3.63, 3.8) is 0 Å². The lowest BCUT2D eigenvalue weighted by atomic mass is 10.0. The zero-order valence-corrected chi connectivity index (χ0v) is 8.07. The zero-order chi connectivity index (χ0) is 9.07. The second kappa shape index (κ2) is 3.97. The normalized spacial score (nSPS) is 14.5. The van der Waals surface area contributed by atoms with Crippen LogP contribution in [0, 0.1) is 0 Å². The molecule has 0 radical (unpaired) electrons. The molecule has 0 bridgehead atoms. The van der Waals surface area contributed by atoms with Gasteiger partial charge in [-0.15, -0.1) is 0 Å². The Morgan fingerprint density at radius 3 is 2.36 bits per heavy atom. The Labute approximate surface area is 71.9 Å². The number of amides is 1. The van der Waals surface area contributed by atoms with Crippen LogP contribution in [0.3, 0.4) is 0 Å². The predicted molar refractivity (Wildman–Crippen MR) is 49.4 cm³/mol. The maximum atomic E-state index is 10.6. The van der Waals surface area contributed by atoms with E-state index in [9.17, 15) is 4.79 Å². The largest absolute Gasteiger partial charge is 0.368 e. The Kier molecular flexibility index (Phi) is 3.89. The molecule has 1 amide bonds. The number of hydrogen-bond donors (Lipinski definition) is 2. The van der Waals surface area contributed by atoms with Crippen molar-refractivity contribution in [2.24, 2.45) is 11.5 Å². The molecule has 11 heavy (non-hydrogen) atoms. The maximum absolute atomic E-state index is 10.6. The summed E-state index contributed by atoms with van der Waals surface area (Å²) in [6.07, 6.45) is 2.62. The van der Waals surface area contributed by atoms with Crippen LogP contribution in [0.1, 0.15) is 20.3 Å². The Morgan fingerprint density at radius 1 is 1.64 bits per heavy atom. The van der Waals surface area contributed by atoms with Crippen molar-refractivity contribution in [3.05, 3.63) is 0 Å². The van der Waals surface area contributed by atoms with E-state index in [1.54, 1.807) is 11.8 Å². The van der Waals surface area contributed by atoms with Crippen molar-refractivity contribution in [1.29, 1.82) is 0 Å². The lowest BCUT2D eigenvalue weighted by Crippen LogP contribution is -2.40. The summed E-state index contributed by atoms with van der Waals surface area (Å²) in [7, 11) is 0. The summed E-state index contributed by atoms with van der Waals surface area (Å²) >= 11 is 1.69. The number of hydrogen-bond acceptors (Lipinski definition) is 3. The smallest absolute Gasteiger partial charge is 0.234 e. The molecule has 0 aliphatic rings. The van der Waals surface area contributed by atoms with E-state index in [-0.39, 0.29) is 4.75 Å². The average molecular weight is 176 g/mol. The van der Waals surface area contributed by atoms with Gasteiger partial charge in [-0.25, -0.2) is 0 Å². The molecular weight excluding hydrogens is 160 g/mol. The van der Waals surface area contributed by atoms with Crippen LogP contribution >= 0.6 is 11.8 Å². The van der Waals surface area contributed by atoms with Gasteiger partial charge >= 0.3 is 0 Å². The Balaban J connectivity index is 3.93. The lowest BCUT2D eigenvalue weighted by Gasteiger charge is -2.23. The molecule has 0 heterocycles. The molecule has 0 aliphatic carbocycles. The van der Waals surface area contributed by atoms with Crippen LogP contribution in [0.2, 0.25) is 0 Å². The van der Waals surface area contributed by atoms with Crippen molar-refractivity contribution in [2.45, 2.75) is 31.1 Å². The van der Waals surface area contributed by atoms with Crippen LogP contribution in [0.4, 0.5) is 0 Å². The van der Waals surface area contributed by atoms with Gasteiger partial charge < -0.3 is 11.5 Å². The standard InChI is InChI=1S/C7H16N2OS/c1-7(2,11-3)4-5(8)6(9)10/h5H,4,8H2,1-3H3,(H2,9,10). The van der Waals surface area contributed by atoms with Crippen LogP contribution in [-0.4, -0.2) is 23.0 Å². The van der Waals surface area contributed by atoms with Gasteiger partial charge in [0.2, 0.25) is 5.91 Å². The predicted octanol–water partition coefficient (Wildman–Crippen LogP) is 0.331. The van der Waals surface area contributed by atoms with Crippen LogP contribution in [0.5, 0.6) is 0 Å². The maximum Gasteiger partial charge on any atom is 0.234 e. The van der Waals surface area contributed by atoms with Crippen LogP contribution in [-0.2, 0) is 4.79 Å². The van der Waals surface area contributed by atoms with Crippen molar-refractivity contribution in [2.75, 3.05) is 6.26 Å². The van der Waals surface area contributed by atoms with Gasteiger partial charge in [-0.2, -0.15) is 11.8 Å². The van der Waals surface area contributed by atoms with E-state index in [1.807, 2.05) is 20.1 Å². The Hall–Kier alpha value is -0.220. The number of rotatable bonds is 4. The molecule has 0 aliphatic heterocycles. The van der Waals surface area contributed by atoms with Crippen LogP contribution in [0.25, 0.3) is 0 Å². The van der Waals surface area contributed by atoms with Gasteiger partial charge in [0, 0.05) is 4.75 Å². The quantitative estimate of drug-likeness (QED) is 0.648. The van der Waals surface area contributed by atoms with E-state index >= 15 is 0 Å². The summed E-state index contributed by atoms with van der Waals surface area (Å²) in [4.78, 5) is 10.6. The number of primary amides is 1. The van der Waals surface area contributed by atoms with Gasteiger partial charge in [-0.05, 0) is 12.7 Å². The molecule has 0 spiro atoms. The van der Waals surface area contributed by atoms with Gasteiger partial charge in [-0.1, -0.05) is 13.8 Å². The summed E-state index contributed by atoms with van der Waals surface area (Å²) in [5.41, 5.74) is 10.5. The van der Waals surface area contributed by atoms with E-state index in [0.717, 1.165) is 0 Å². The Bertz CT molecular complexity index is 147. The molecule has 0 fully saturated rings. The van der Waals surface area contributed by atoms with Crippen molar-refractivity contribution < 1.29 is 4.79 Å². The highest BCUT2D eigenvalue weighted by atomic mass is 32.2. The molecule has 3 nitrogen and oxygen atoms in total. The van der Waals surface area contributed by atoms with Gasteiger partial charge in [0.1, 0.15) is 0 Å². The fourth-order valence-corrected chi connectivity index (χ4v) is 1.06. The molecule has 0 aromatic heterocycles. The zero-order valence-electron chi connectivity index (χ0n) is 7.26. The van der Waals surface area contributed by atoms with E-state index in [4.69, 9.17) is 11.5 Å². The molecule has 0 aromatic carbocycles. The topological polar surface area (TPSA) is 69.1 Å². The van der Waals surface area contributed by atoms with E-state index in [1.165, 1.54) is 0 Å². The van der Waals surface area contributed by atoms with Crippen molar-refractivity contribution in [3.8, 4) is 0 Å². The second-order valence-electron chi connectivity index (χ2n) is 3.18.